The van der Waals surface area contributed by atoms with Gasteiger partial charge in [0.25, 0.3) is 0 Å². The first kappa shape index (κ1) is 18.7. The van der Waals surface area contributed by atoms with Gasteiger partial charge in [-0.1, -0.05) is 27.2 Å². The largest absolute Gasteiger partial charge is 0.481 e. The van der Waals surface area contributed by atoms with Crippen LogP contribution in [0.25, 0.3) is 0 Å². The van der Waals surface area contributed by atoms with Crippen molar-refractivity contribution in [3.63, 3.8) is 0 Å². The normalized spacial score (nSPS) is 58.8. The lowest BCUT2D eigenvalue weighted by Crippen LogP contribution is -2.68. The van der Waals surface area contributed by atoms with E-state index in [2.05, 4.69) is 20.8 Å². The molecular weight excluding hydrogens is 328 g/mol. The van der Waals surface area contributed by atoms with Crippen molar-refractivity contribution < 1.29 is 20.1 Å². The molecule has 0 aromatic rings. The maximum atomic E-state index is 12.4. The molecule has 3 N–H and O–H groups in total. The Labute approximate surface area is 157 Å². The lowest BCUT2D eigenvalue weighted by atomic mass is 9.30. The van der Waals surface area contributed by atoms with Crippen LogP contribution in [0.4, 0.5) is 0 Å². The molecule has 2 bridgehead atoms. The zero-order valence-corrected chi connectivity index (χ0v) is 16.9. The van der Waals surface area contributed by atoms with Gasteiger partial charge in [-0.25, -0.2) is 0 Å². The maximum absolute atomic E-state index is 12.4. The minimum absolute atomic E-state index is 0.0142. The van der Waals surface area contributed by atoms with E-state index in [0.717, 1.165) is 51.4 Å². The minimum atomic E-state index is -0.938. The molecule has 0 radical (unpaired) electrons. The molecule has 4 aliphatic rings. The van der Waals surface area contributed by atoms with Crippen molar-refractivity contribution in [1.82, 2.24) is 0 Å². The molecule has 0 saturated heterocycles. The van der Waals surface area contributed by atoms with Crippen LogP contribution < -0.4 is 0 Å². The second-order valence-corrected chi connectivity index (χ2v) is 11.1. The molecule has 148 valence electrons. The summed E-state index contributed by atoms with van der Waals surface area (Å²) >= 11 is 0. The Morgan fingerprint density at radius 3 is 2.27 bits per heavy atom. The molecule has 0 amide bonds. The summed E-state index contributed by atoms with van der Waals surface area (Å²) in [5, 5.41) is 31.2. The molecule has 7 atom stereocenters. The van der Waals surface area contributed by atoms with Crippen molar-refractivity contribution in [2.75, 3.05) is 6.61 Å². The monoisotopic (exact) mass is 364 g/mol. The zero-order valence-electron chi connectivity index (χ0n) is 16.9. The van der Waals surface area contributed by atoms with Crippen molar-refractivity contribution >= 4 is 5.97 Å². The summed E-state index contributed by atoms with van der Waals surface area (Å²) < 4.78 is 0. The summed E-state index contributed by atoms with van der Waals surface area (Å²) in [5.74, 6) is -0.444. The van der Waals surface area contributed by atoms with Gasteiger partial charge in [0, 0.05) is 0 Å². The first-order valence-corrected chi connectivity index (χ1v) is 10.5. The number of aliphatic hydroxyl groups excluding tert-OH is 1. The van der Waals surface area contributed by atoms with E-state index in [9.17, 15) is 20.1 Å². The first-order chi connectivity index (χ1) is 11.9. The number of carboxylic acids is 1. The number of fused-ring (bicyclic) bond motifs is 3. The molecule has 26 heavy (non-hydrogen) atoms. The van der Waals surface area contributed by atoms with Crippen molar-refractivity contribution in [2.45, 2.75) is 91.1 Å². The van der Waals surface area contributed by atoms with Gasteiger partial charge in [0.2, 0.25) is 0 Å². The van der Waals surface area contributed by atoms with Crippen LogP contribution in [0.15, 0.2) is 0 Å². The molecule has 4 aliphatic carbocycles. The van der Waals surface area contributed by atoms with E-state index in [1.807, 2.05) is 6.92 Å². The van der Waals surface area contributed by atoms with Crippen molar-refractivity contribution in [2.24, 2.45) is 33.0 Å². The number of aliphatic carboxylic acids is 1. The van der Waals surface area contributed by atoms with Gasteiger partial charge >= 0.3 is 5.97 Å². The molecule has 0 aliphatic heterocycles. The van der Waals surface area contributed by atoms with Gasteiger partial charge in [-0.2, -0.15) is 0 Å². The fourth-order valence-corrected chi connectivity index (χ4v) is 8.72. The Bertz CT molecular complexity index is 648. The van der Waals surface area contributed by atoms with E-state index in [0.29, 0.717) is 6.42 Å². The molecule has 0 unspecified atom stereocenters. The number of aliphatic hydroxyl groups is 2. The third-order valence-corrected chi connectivity index (χ3v) is 11.1. The number of rotatable bonds is 2. The van der Waals surface area contributed by atoms with Gasteiger partial charge in [-0.15, -0.1) is 0 Å². The van der Waals surface area contributed by atoms with E-state index in [4.69, 9.17) is 0 Å². The molecule has 4 fully saturated rings. The highest BCUT2D eigenvalue weighted by Gasteiger charge is 2.76. The van der Waals surface area contributed by atoms with Crippen LogP contribution in [0.2, 0.25) is 0 Å². The van der Waals surface area contributed by atoms with Crippen LogP contribution >= 0.6 is 0 Å². The van der Waals surface area contributed by atoms with Gasteiger partial charge in [-0.3, -0.25) is 4.79 Å². The second-order valence-electron chi connectivity index (χ2n) is 11.1. The van der Waals surface area contributed by atoms with Gasteiger partial charge in [0.1, 0.15) is 0 Å². The lowest BCUT2D eigenvalue weighted by Gasteiger charge is -2.73. The molecule has 0 aromatic carbocycles. The van der Waals surface area contributed by atoms with Crippen LogP contribution in [0.1, 0.15) is 85.5 Å². The zero-order chi connectivity index (χ0) is 19.2. The highest BCUT2D eigenvalue weighted by molar-refractivity contribution is 5.76. The smallest absolute Gasteiger partial charge is 0.309 e. The van der Waals surface area contributed by atoms with Crippen LogP contribution in [-0.4, -0.2) is 33.5 Å². The third-order valence-electron chi connectivity index (χ3n) is 11.1. The summed E-state index contributed by atoms with van der Waals surface area (Å²) in [6.45, 7) is 8.86. The molecule has 4 saturated carbocycles. The molecule has 0 aromatic heterocycles. The lowest BCUT2D eigenvalue weighted by molar-refractivity contribution is -0.257. The van der Waals surface area contributed by atoms with Crippen LogP contribution in [0.3, 0.4) is 0 Å². The molecular formula is C22H36O4. The van der Waals surface area contributed by atoms with Crippen molar-refractivity contribution in [3.05, 3.63) is 0 Å². The predicted molar refractivity (Wildman–Crippen MR) is 99.6 cm³/mol. The average Bonchev–Trinajstić information content (AvgIpc) is 2.84. The summed E-state index contributed by atoms with van der Waals surface area (Å²) in [7, 11) is 0. The summed E-state index contributed by atoms with van der Waals surface area (Å²) in [4.78, 5) is 12.4. The fourth-order valence-electron chi connectivity index (χ4n) is 8.72. The maximum Gasteiger partial charge on any atom is 0.309 e. The molecule has 4 heteroatoms. The second kappa shape index (κ2) is 5.05. The SMILES string of the molecule is C[C@@]12CCC[C@@](C)(C(=O)O)[C@@]1(C)CC[C@@]13C[C@H](CC[C@]12C)[C@@](O)(CO)C3. The molecule has 4 rings (SSSR count). The van der Waals surface area contributed by atoms with E-state index in [1.54, 1.807) is 0 Å². The first-order valence-electron chi connectivity index (χ1n) is 10.5. The Morgan fingerprint density at radius 1 is 0.962 bits per heavy atom. The highest BCUT2D eigenvalue weighted by Crippen LogP contribution is 2.81. The number of hydrogen-bond donors (Lipinski definition) is 3. The Morgan fingerprint density at radius 2 is 1.65 bits per heavy atom. The molecule has 4 nitrogen and oxygen atoms in total. The van der Waals surface area contributed by atoms with Gasteiger partial charge < -0.3 is 15.3 Å². The van der Waals surface area contributed by atoms with Gasteiger partial charge in [-0.05, 0) is 85.9 Å². The third kappa shape index (κ3) is 1.73. The van der Waals surface area contributed by atoms with E-state index < -0.39 is 17.0 Å². The molecule has 0 heterocycles. The standard InChI is InChI=1S/C22H36O4/c1-17(16(24)25)7-5-8-19(3)18(17,2)10-11-21-12-15(6-9-20(19,21)4)22(26,13-21)14-23/h15,23,26H,5-14H2,1-4H3,(H,24,25)/t15-,17-,18+,19+,20-,21-,22-/m0/s1. The van der Waals surface area contributed by atoms with Crippen LogP contribution in [-0.2, 0) is 4.79 Å². The predicted octanol–water partition coefficient (Wildman–Crippen LogP) is 3.99. The van der Waals surface area contributed by atoms with E-state index >= 15 is 0 Å². The number of hydrogen-bond acceptors (Lipinski definition) is 3. The topological polar surface area (TPSA) is 77.8 Å². The Balaban J connectivity index is 1.85. The Hall–Kier alpha value is -0.610. The highest BCUT2D eigenvalue weighted by atomic mass is 16.4. The number of carbonyl (C=O) groups is 1. The van der Waals surface area contributed by atoms with Crippen molar-refractivity contribution in [3.8, 4) is 0 Å². The Kier molecular flexibility index (Phi) is 3.64. The summed E-state index contributed by atoms with van der Waals surface area (Å²) in [6, 6.07) is 0. The van der Waals surface area contributed by atoms with E-state index in [1.165, 1.54) is 0 Å². The quantitative estimate of drug-likeness (QED) is 0.692. The average molecular weight is 365 g/mol. The number of carboxylic acid groups (broad SMARTS) is 1. The minimum Gasteiger partial charge on any atom is -0.481 e. The van der Waals surface area contributed by atoms with Gasteiger partial charge in [0.05, 0.1) is 17.6 Å². The summed E-state index contributed by atoms with van der Waals surface area (Å²) in [5.41, 5.74) is -1.87. The van der Waals surface area contributed by atoms with E-state index in [-0.39, 0.29) is 34.2 Å². The fraction of sp³-hybridized carbons (Fsp3) is 0.955. The van der Waals surface area contributed by atoms with Crippen molar-refractivity contribution in [1.29, 1.82) is 0 Å². The van der Waals surface area contributed by atoms with Crippen LogP contribution in [0, 0.1) is 33.0 Å². The molecule has 1 spiro atoms. The van der Waals surface area contributed by atoms with Gasteiger partial charge in [0.15, 0.2) is 0 Å². The van der Waals surface area contributed by atoms with Crippen LogP contribution in [0.5, 0.6) is 0 Å². The summed E-state index contributed by atoms with van der Waals surface area (Å²) in [6.07, 6.45) is 8.38.